The highest BCUT2D eigenvalue weighted by Gasteiger charge is 2.25. The van der Waals surface area contributed by atoms with Crippen LogP contribution in [0.1, 0.15) is 48.0 Å². The van der Waals surface area contributed by atoms with Crippen molar-refractivity contribution in [3.05, 3.63) is 78.2 Å². The van der Waals surface area contributed by atoms with Crippen LogP contribution in [0.25, 0.3) is 11.0 Å². The van der Waals surface area contributed by atoms with E-state index >= 15 is 0 Å². The number of fused-ring (bicyclic) bond motifs is 1. The zero-order valence-electron chi connectivity index (χ0n) is 21.8. The second kappa shape index (κ2) is 11.6. The van der Waals surface area contributed by atoms with Gasteiger partial charge in [-0.15, -0.1) is 0 Å². The molecule has 0 saturated heterocycles. The van der Waals surface area contributed by atoms with Crippen molar-refractivity contribution in [2.24, 2.45) is 5.92 Å². The number of likely N-dealkylation sites (N-methyl/N-ethyl adjacent to an activating group) is 1. The number of hydrogen-bond donors (Lipinski definition) is 2. The molecule has 2 aromatic carbocycles. The average Bonchev–Trinajstić information content (AvgIpc) is 3.35. The Hall–Kier alpha value is -4.04. The maximum Gasteiger partial charge on any atom is 0.195 e. The van der Waals surface area contributed by atoms with Crippen molar-refractivity contribution in [1.29, 1.82) is 0 Å². The van der Waals surface area contributed by atoms with E-state index in [0.717, 1.165) is 31.4 Å². The molecule has 1 aliphatic carbocycles. The number of carbonyl (C=O) groups excluding carboxylic acids is 2. The van der Waals surface area contributed by atoms with Gasteiger partial charge in [0.1, 0.15) is 35.1 Å². The van der Waals surface area contributed by atoms with Gasteiger partial charge in [-0.2, -0.15) is 0 Å². The second-order valence-corrected chi connectivity index (χ2v) is 10.3. The highest BCUT2D eigenvalue weighted by molar-refractivity contribution is 6.18. The van der Waals surface area contributed by atoms with Crippen molar-refractivity contribution in [2.45, 2.75) is 38.1 Å². The Bertz CT molecular complexity index is 1390. The summed E-state index contributed by atoms with van der Waals surface area (Å²) < 4.78 is 5.85. The summed E-state index contributed by atoms with van der Waals surface area (Å²) in [4.78, 5) is 39.6. The predicted octanol–water partition coefficient (Wildman–Crippen LogP) is 5.47. The van der Waals surface area contributed by atoms with Crippen molar-refractivity contribution in [1.82, 2.24) is 19.9 Å². The minimum atomic E-state index is -0.108. The number of nitrogens with zero attached hydrogens (tertiary/aromatic N) is 3. The summed E-state index contributed by atoms with van der Waals surface area (Å²) in [5.41, 5.74) is 1.71. The van der Waals surface area contributed by atoms with Gasteiger partial charge in [0, 0.05) is 24.2 Å². The fourth-order valence-electron chi connectivity index (χ4n) is 5.15. The molecule has 2 heterocycles. The molecule has 1 fully saturated rings. The molecule has 0 bridgehead atoms. The first-order valence-corrected chi connectivity index (χ1v) is 13.1. The number of aromatic nitrogens is 3. The van der Waals surface area contributed by atoms with E-state index in [1.807, 2.05) is 49.3 Å². The normalized spacial score (nSPS) is 17.4. The lowest BCUT2D eigenvalue weighted by atomic mass is 9.83. The molecule has 196 valence electrons. The number of anilines is 1. The van der Waals surface area contributed by atoms with Crippen LogP contribution in [-0.2, 0) is 4.79 Å². The fourth-order valence-corrected chi connectivity index (χ4v) is 5.15. The smallest absolute Gasteiger partial charge is 0.195 e. The first-order chi connectivity index (χ1) is 18.5. The molecule has 8 nitrogen and oxygen atoms in total. The van der Waals surface area contributed by atoms with Gasteiger partial charge in [-0.1, -0.05) is 18.2 Å². The molecule has 0 unspecified atom stereocenters. The molecular weight excluding hydrogens is 478 g/mol. The number of nitrogens with one attached hydrogen (secondary N) is 2. The van der Waals surface area contributed by atoms with Gasteiger partial charge in [0.25, 0.3) is 0 Å². The van der Waals surface area contributed by atoms with Crippen LogP contribution in [0.4, 0.5) is 5.82 Å². The Balaban J connectivity index is 1.27. The largest absolute Gasteiger partial charge is 0.457 e. The molecular formula is C30H33N5O3. The van der Waals surface area contributed by atoms with Crippen molar-refractivity contribution in [3.63, 3.8) is 0 Å². The minimum Gasteiger partial charge on any atom is -0.457 e. The number of carbonyl (C=O) groups is 2. The van der Waals surface area contributed by atoms with E-state index in [1.165, 1.54) is 6.33 Å². The van der Waals surface area contributed by atoms with Gasteiger partial charge < -0.3 is 19.9 Å². The Morgan fingerprint density at radius 1 is 0.974 bits per heavy atom. The molecule has 1 aliphatic rings. The van der Waals surface area contributed by atoms with Crippen LogP contribution in [0, 0.1) is 5.92 Å². The lowest BCUT2D eigenvalue weighted by Gasteiger charge is -2.29. The number of Topliss-reactive ketones (excluding diaryl/α,β-unsaturated/α-hetero) is 1. The van der Waals surface area contributed by atoms with Crippen LogP contribution in [0.2, 0.25) is 0 Å². The van der Waals surface area contributed by atoms with Gasteiger partial charge in [0.05, 0.1) is 17.5 Å². The number of ketones is 2. The summed E-state index contributed by atoms with van der Waals surface area (Å²) in [5, 5.41) is 4.26. The molecule has 8 heteroatoms. The third kappa shape index (κ3) is 6.08. The van der Waals surface area contributed by atoms with Crippen LogP contribution >= 0.6 is 0 Å². The van der Waals surface area contributed by atoms with Crippen molar-refractivity contribution >= 4 is 28.4 Å². The number of rotatable bonds is 10. The fraction of sp³-hybridized carbons (Fsp3) is 0.333. The summed E-state index contributed by atoms with van der Waals surface area (Å²) in [5.74, 6) is 2.70. The molecule has 0 radical (unpaired) electrons. The van der Waals surface area contributed by atoms with E-state index < -0.39 is 0 Å². The SMILES string of the molecule is CN(C)CC(=O)CC1CCC(Nc2ncnc3[nH]cc(C(=O)c4ccc(Oc5ccccc5)cc4)c23)CC1. The highest BCUT2D eigenvalue weighted by atomic mass is 16.5. The van der Waals surface area contributed by atoms with E-state index in [0.29, 0.717) is 58.4 Å². The van der Waals surface area contributed by atoms with Crippen molar-refractivity contribution in [3.8, 4) is 11.5 Å². The molecule has 5 rings (SSSR count). The number of aromatic amines is 1. The van der Waals surface area contributed by atoms with Gasteiger partial charge in [0.2, 0.25) is 0 Å². The van der Waals surface area contributed by atoms with Gasteiger partial charge in [0.15, 0.2) is 5.78 Å². The summed E-state index contributed by atoms with van der Waals surface area (Å²) in [6.07, 6.45) is 7.78. The third-order valence-electron chi connectivity index (χ3n) is 7.01. The molecule has 2 N–H and O–H groups in total. The maximum atomic E-state index is 13.5. The topological polar surface area (TPSA) is 100 Å². The van der Waals surface area contributed by atoms with Crippen LogP contribution in [0.15, 0.2) is 67.1 Å². The first-order valence-electron chi connectivity index (χ1n) is 13.1. The van der Waals surface area contributed by atoms with E-state index in [2.05, 4.69) is 20.3 Å². The Kier molecular flexibility index (Phi) is 7.79. The molecule has 0 atom stereocenters. The first kappa shape index (κ1) is 25.6. The zero-order chi connectivity index (χ0) is 26.5. The molecule has 38 heavy (non-hydrogen) atoms. The lowest BCUT2D eigenvalue weighted by molar-refractivity contribution is -0.120. The molecule has 2 aromatic heterocycles. The lowest BCUT2D eigenvalue weighted by Crippen LogP contribution is -2.29. The number of para-hydroxylation sites is 1. The Morgan fingerprint density at radius 2 is 1.68 bits per heavy atom. The molecule has 4 aromatic rings. The quantitative estimate of drug-likeness (QED) is 0.272. The van der Waals surface area contributed by atoms with Gasteiger partial charge in [-0.3, -0.25) is 9.59 Å². The third-order valence-corrected chi connectivity index (χ3v) is 7.01. The molecule has 0 aliphatic heterocycles. The molecule has 1 saturated carbocycles. The van der Waals surface area contributed by atoms with Crippen LogP contribution in [0.5, 0.6) is 11.5 Å². The number of H-pyrrole nitrogens is 1. The van der Waals surface area contributed by atoms with Crippen molar-refractivity contribution < 1.29 is 14.3 Å². The predicted molar refractivity (Wildman–Crippen MR) is 148 cm³/mol. The number of benzene rings is 2. The van der Waals surface area contributed by atoms with Crippen molar-refractivity contribution in [2.75, 3.05) is 26.0 Å². The summed E-state index contributed by atoms with van der Waals surface area (Å²) in [7, 11) is 3.85. The molecule has 0 amide bonds. The zero-order valence-corrected chi connectivity index (χ0v) is 21.8. The minimum absolute atomic E-state index is 0.108. The van der Waals surface area contributed by atoms with Crippen LogP contribution in [-0.4, -0.2) is 58.1 Å². The van der Waals surface area contributed by atoms with E-state index in [9.17, 15) is 9.59 Å². The maximum absolute atomic E-state index is 13.5. The van der Waals surface area contributed by atoms with Gasteiger partial charge >= 0.3 is 0 Å². The second-order valence-electron chi connectivity index (χ2n) is 10.3. The van der Waals surface area contributed by atoms with Crippen LogP contribution < -0.4 is 10.1 Å². The standard InChI is InChI=1S/C30H33N5O3/c1-35(2)18-23(36)16-20-8-12-22(13-9-20)34-30-27-26(17-31-29(27)32-19-33-30)28(37)21-10-14-25(15-11-21)38-24-6-4-3-5-7-24/h3-7,10-11,14-15,17,19-20,22H,8-9,12-13,16,18H2,1-2H3,(H2,31,32,33,34). The van der Waals surface area contributed by atoms with Gasteiger partial charge in [-0.25, -0.2) is 9.97 Å². The highest BCUT2D eigenvalue weighted by Crippen LogP contribution is 2.32. The van der Waals surface area contributed by atoms with E-state index in [4.69, 9.17) is 4.74 Å². The van der Waals surface area contributed by atoms with Crippen LogP contribution in [0.3, 0.4) is 0 Å². The average molecular weight is 512 g/mol. The summed E-state index contributed by atoms with van der Waals surface area (Å²) in [6.45, 7) is 0.504. The Morgan fingerprint density at radius 3 is 2.39 bits per heavy atom. The summed E-state index contributed by atoms with van der Waals surface area (Å²) >= 11 is 0. The van der Waals surface area contributed by atoms with E-state index in [-0.39, 0.29) is 11.8 Å². The van der Waals surface area contributed by atoms with Gasteiger partial charge in [-0.05, 0) is 82.1 Å². The number of ether oxygens (including phenoxy) is 1. The molecule has 0 spiro atoms. The Labute approximate surface area is 222 Å². The van der Waals surface area contributed by atoms with E-state index in [1.54, 1.807) is 30.5 Å². The monoisotopic (exact) mass is 511 g/mol. The number of hydrogen-bond acceptors (Lipinski definition) is 7. The summed E-state index contributed by atoms with van der Waals surface area (Å²) in [6, 6.07) is 16.9.